The van der Waals surface area contributed by atoms with E-state index in [1.807, 2.05) is 47.4 Å². The van der Waals surface area contributed by atoms with Crippen molar-refractivity contribution in [1.29, 1.82) is 0 Å². The van der Waals surface area contributed by atoms with Crippen LogP contribution < -0.4 is 41.5 Å². The Morgan fingerprint density at radius 2 is 1.55 bits per heavy atom. The number of para-hydroxylation sites is 1. The van der Waals surface area contributed by atoms with Crippen LogP contribution in [-0.4, -0.2) is 120 Å². The number of carbonyl (C=O) groups is 5. The van der Waals surface area contributed by atoms with E-state index in [4.69, 9.17) is 0 Å². The monoisotopic (exact) mass is 1010 g/mol. The first-order valence-electron chi connectivity index (χ1n) is 26.6. The lowest BCUT2D eigenvalue weighted by atomic mass is 9.91. The highest BCUT2D eigenvalue weighted by Crippen LogP contribution is 2.47. The average Bonchev–Trinajstić information content (AvgIpc) is 4.09. The van der Waals surface area contributed by atoms with Gasteiger partial charge >= 0.3 is 5.69 Å². The van der Waals surface area contributed by atoms with Crippen LogP contribution in [0.25, 0.3) is 22.2 Å². The molecule has 1 aliphatic carbocycles. The fourth-order valence-corrected chi connectivity index (χ4v) is 13.0. The number of hydrogen-bond acceptors (Lipinski definition) is 10. The summed E-state index contributed by atoms with van der Waals surface area (Å²) in [5.41, 5.74) is 10.5. The van der Waals surface area contributed by atoms with Gasteiger partial charge in [0.2, 0.25) is 17.7 Å². The van der Waals surface area contributed by atoms with Crippen molar-refractivity contribution in [2.24, 2.45) is 7.05 Å². The quantitative estimate of drug-likeness (QED) is 0.0928. The molecule has 5 amide bonds. The molecule has 6 heterocycles. The van der Waals surface area contributed by atoms with Crippen LogP contribution in [0.2, 0.25) is 0 Å². The van der Waals surface area contributed by atoms with Gasteiger partial charge in [-0.05, 0) is 98.2 Å². The van der Waals surface area contributed by atoms with E-state index < -0.39 is 29.7 Å². The van der Waals surface area contributed by atoms with E-state index in [-0.39, 0.29) is 46.9 Å². The number of aryl methyl sites for hydroxylation is 1. The molecule has 1 aromatic heterocycles. The van der Waals surface area contributed by atoms with Gasteiger partial charge in [0.15, 0.2) is 11.7 Å². The largest absolute Gasteiger partial charge is 0.370 e. The molecule has 4 saturated heterocycles. The molecule has 1 saturated carbocycles. The maximum absolute atomic E-state index is 18.0. The van der Waals surface area contributed by atoms with Gasteiger partial charge in [0, 0.05) is 127 Å². The highest BCUT2D eigenvalue weighted by Gasteiger charge is 2.51. The SMILES string of the molecule is CNC(=O)c1cccc(NC(=O)C2N[N+](C)(C3CCCCC3)c3ccc(-c4ccc(N5CCCC5=O)cc4CN4CCN(C5CCN(c6cccc7c6n(C)c(=O)n7C6CCC(=O)NC6=O)CC5)CC4)c(F)c32)c1. The van der Waals surface area contributed by atoms with Crippen molar-refractivity contribution in [1.82, 2.24) is 39.6 Å². The number of piperidine rings is 2. The third kappa shape index (κ3) is 8.98. The molecular weight excluding hydrogens is 942 g/mol. The molecule has 4 aromatic carbocycles. The number of piperazine rings is 1. The van der Waals surface area contributed by atoms with Gasteiger partial charge in [-0.15, -0.1) is 5.43 Å². The highest BCUT2D eigenvalue weighted by atomic mass is 19.1. The minimum atomic E-state index is -1.01. The van der Waals surface area contributed by atoms with E-state index in [0.717, 1.165) is 124 Å². The van der Waals surface area contributed by atoms with Crippen molar-refractivity contribution in [3.05, 3.63) is 106 Å². The first-order valence-corrected chi connectivity index (χ1v) is 26.6. The van der Waals surface area contributed by atoms with Crippen LogP contribution >= 0.6 is 0 Å². The molecule has 18 heteroatoms. The molecular formula is C56H67FN11O6+. The highest BCUT2D eigenvalue weighted by molar-refractivity contribution is 6.02. The topological polar surface area (TPSA) is 173 Å². The Morgan fingerprint density at radius 3 is 2.28 bits per heavy atom. The third-order valence-electron chi connectivity index (χ3n) is 17.0. The molecule has 17 nitrogen and oxygen atoms in total. The summed E-state index contributed by atoms with van der Waals surface area (Å²) in [6.07, 6.45) is 8.83. The Bertz CT molecular complexity index is 3110. The summed E-state index contributed by atoms with van der Waals surface area (Å²) in [6, 6.07) is 21.2. The van der Waals surface area contributed by atoms with Crippen LogP contribution in [0.4, 0.5) is 27.1 Å². The molecule has 3 atom stereocenters. The van der Waals surface area contributed by atoms with Gasteiger partial charge in [0.25, 0.3) is 11.8 Å². The minimum absolute atomic E-state index is 0.0824. The smallest absolute Gasteiger partial charge is 0.329 e. The van der Waals surface area contributed by atoms with E-state index in [0.29, 0.717) is 53.4 Å². The van der Waals surface area contributed by atoms with Gasteiger partial charge in [-0.2, -0.15) is 0 Å². The fraction of sp³-hybridized carbons (Fsp3) is 0.464. The molecule has 6 aliphatic rings. The van der Waals surface area contributed by atoms with Crippen molar-refractivity contribution in [2.75, 3.05) is 75.0 Å². The van der Waals surface area contributed by atoms with Crippen LogP contribution in [0.3, 0.4) is 0 Å². The third-order valence-corrected chi connectivity index (χ3v) is 17.0. The molecule has 5 aromatic rings. The second-order valence-electron chi connectivity index (χ2n) is 21.3. The summed E-state index contributed by atoms with van der Waals surface area (Å²) in [6.45, 7) is 6.14. The van der Waals surface area contributed by atoms with Gasteiger partial charge in [-0.25, -0.2) is 13.8 Å². The molecule has 3 unspecified atom stereocenters. The number of fused-ring (bicyclic) bond motifs is 2. The maximum Gasteiger partial charge on any atom is 0.329 e. The van der Waals surface area contributed by atoms with Crippen LogP contribution in [-0.2, 0) is 32.8 Å². The van der Waals surface area contributed by atoms with E-state index in [1.54, 1.807) is 47.5 Å². The first kappa shape index (κ1) is 49.5. The summed E-state index contributed by atoms with van der Waals surface area (Å²) in [5, 5.41) is 8.03. The average molecular weight is 1010 g/mol. The van der Waals surface area contributed by atoms with Crippen LogP contribution in [0, 0.1) is 5.82 Å². The van der Waals surface area contributed by atoms with Crippen molar-refractivity contribution >= 4 is 63.3 Å². The number of carbonyl (C=O) groups excluding carboxylic acids is 5. The molecule has 388 valence electrons. The van der Waals surface area contributed by atoms with Gasteiger partial charge < -0.3 is 20.4 Å². The normalized spacial score (nSPS) is 23.4. The van der Waals surface area contributed by atoms with Crippen LogP contribution in [0.1, 0.15) is 104 Å². The number of hydrogen-bond donors (Lipinski definition) is 4. The van der Waals surface area contributed by atoms with Crippen LogP contribution in [0.5, 0.6) is 0 Å². The molecule has 5 aliphatic heterocycles. The first-order chi connectivity index (χ1) is 35.8. The number of rotatable bonds is 11. The lowest BCUT2D eigenvalue weighted by molar-refractivity contribution is -0.135. The number of nitrogens with one attached hydrogen (secondary N) is 4. The van der Waals surface area contributed by atoms with E-state index >= 15 is 4.39 Å². The second-order valence-corrected chi connectivity index (χ2v) is 21.3. The summed E-state index contributed by atoms with van der Waals surface area (Å²) in [5.74, 6) is -1.81. The van der Waals surface area contributed by atoms with E-state index in [2.05, 4.69) is 49.2 Å². The molecule has 0 radical (unpaired) electrons. The summed E-state index contributed by atoms with van der Waals surface area (Å²) >= 11 is 0. The number of benzene rings is 4. The number of anilines is 3. The predicted molar refractivity (Wildman–Crippen MR) is 283 cm³/mol. The zero-order chi connectivity index (χ0) is 51.4. The van der Waals surface area contributed by atoms with Gasteiger partial charge in [-0.1, -0.05) is 24.6 Å². The zero-order valence-corrected chi connectivity index (χ0v) is 42.6. The zero-order valence-electron chi connectivity index (χ0n) is 42.6. The molecule has 74 heavy (non-hydrogen) atoms. The van der Waals surface area contributed by atoms with Gasteiger partial charge in [-0.3, -0.25) is 48.2 Å². The molecule has 4 N–H and O–H groups in total. The molecule has 0 bridgehead atoms. The van der Waals surface area contributed by atoms with Crippen molar-refractivity contribution in [3.63, 3.8) is 0 Å². The molecule has 11 rings (SSSR count). The lowest BCUT2D eigenvalue weighted by Gasteiger charge is -2.43. The number of quaternary nitrogens is 1. The Kier molecular flexibility index (Phi) is 13.5. The lowest BCUT2D eigenvalue weighted by Crippen LogP contribution is -2.61. The summed E-state index contributed by atoms with van der Waals surface area (Å²) in [4.78, 5) is 87.7. The number of imidazole rings is 1. The Morgan fingerprint density at radius 1 is 0.797 bits per heavy atom. The standard InChI is InChI=1S/C56H66FN11O6/c1-58-53(71)35-10-7-11-37(32-35)59-55(73)51-49-46(68(3,61-51)40-12-5-4-6-13-40)21-19-42(50(49)57)41-18-17-39(66-25-9-16-48(66)70)33-36(41)34-63-28-30-64(31-29-63)38-23-26-65(27-24-38)43-14-8-15-44-52(43)62(2)56(74)67(44)45-20-22-47(69)60-54(45)72/h7-8,10-11,14-15,17-19,21,32-33,38,40,45,51,61H,4-6,9,12-13,16,20,22-31,34H2,1-3H3,(H2-,58,59,60,69,71,72,73)/p+1. The summed E-state index contributed by atoms with van der Waals surface area (Å²) in [7, 11) is 5.36. The van der Waals surface area contributed by atoms with Crippen molar-refractivity contribution < 1.29 is 28.4 Å². The van der Waals surface area contributed by atoms with Crippen molar-refractivity contribution in [2.45, 2.75) is 101 Å². The van der Waals surface area contributed by atoms with E-state index in [1.165, 1.54) is 0 Å². The Hall–Kier alpha value is -6.73. The maximum atomic E-state index is 18.0. The fourth-order valence-electron chi connectivity index (χ4n) is 13.0. The number of halogens is 1. The number of imide groups is 1. The number of aromatic nitrogens is 2. The van der Waals surface area contributed by atoms with Crippen LogP contribution in [0.15, 0.2) is 77.6 Å². The minimum Gasteiger partial charge on any atom is -0.370 e. The van der Waals surface area contributed by atoms with E-state index in [9.17, 15) is 28.8 Å². The van der Waals surface area contributed by atoms with Crippen molar-refractivity contribution in [3.8, 4) is 11.1 Å². The predicted octanol–water partition coefficient (Wildman–Crippen LogP) is 5.86. The number of amides is 5. The Balaban J connectivity index is 0.827. The number of nitrogens with zero attached hydrogens (tertiary/aromatic N) is 7. The Labute approximate surface area is 430 Å². The van der Waals surface area contributed by atoms with Gasteiger partial charge in [0.05, 0.1) is 29.3 Å². The van der Waals surface area contributed by atoms with Gasteiger partial charge in [0.1, 0.15) is 17.9 Å². The second kappa shape index (κ2) is 20.2. The summed E-state index contributed by atoms with van der Waals surface area (Å²) < 4.78 is 21.4. The molecule has 5 fully saturated rings. The molecule has 0 spiro atoms.